The standard InChI is InChI=1S/C14H22N4OS.C7H10N4OS.C7H11/c1-5-6-7-8-13-9-17(16-15-13)10-18-14(19)11(2)12(3)20(18)4;1-5-6(2)13(3)11(7(5)12)4-9-10-8;1-3-5-7-6-4-2/h9H,4-8,10H2,1-3H3;3-4H2,1-2H3;3,5-7H2,1H3/q;;+1. The van der Waals surface area contributed by atoms with Crippen molar-refractivity contribution in [3.63, 3.8) is 0 Å². The van der Waals surface area contributed by atoms with Gasteiger partial charge >= 0.3 is 45.0 Å². The van der Waals surface area contributed by atoms with Gasteiger partial charge in [0.2, 0.25) is 0 Å². The van der Waals surface area contributed by atoms with E-state index in [-0.39, 0.29) is 29.2 Å². The van der Waals surface area contributed by atoms with Gasteiger partial charge in [-0.2, -0.15) is 0 Å². The Hall–Kier alpha value is -2.91. The number of amides is 2. The first-order chi connectivity index (χ1) is 19.0. The number of aromatic nitrogens is 3. The van der Waals surface area contributed by atoms with Crippen molar-refractivity contribution in [3.8, 4) is 5.92 Å². The number of aryl methyl sites for hydroxylation is 1. The molecule has 0 radical (unpaired) electrons. The summed E-state index contributed by atoms with van der Waals surface area (Å²) in [5, 5.41) is 11.6. The summed E-state index contributed by atoms with van der Waals surface area (Å²) in [6.07, 6.45) is 17.4. The molecule has 40 heavy (non-hydrogen) atoms. The van der Waals surface area contributed by atoms with Crippen molar-refractivity contribution in [1.82, 2.24) is 23.6 Å². The predicted molar refractivity (Wildman–Crippen MR) is 168 cm³/mol. The molecule has 0 aromatic carbocycles. The van der Waals surface area contributed by atoms with Crippen LogP contribution in [0.4, 0.5) is 0 Å². The number of carbonyl (C=O) groups is 2. The third-order valence-electron chi connectivity index (χ3n) is 6.45. The Labute approximate surface area is 244 Å². The van der Waals surface area contributed by atoms with Crippen molar-refractivity contribution in [3.05, 3.63) is 49.7 Å². The number of azide groups is 1. The Morgan fingerprint density at radius 3 is 2.00 bits per heavy atom. The summed E-state index contributed by atoms with van der Waals surface area (Å²) in [5.74, 6) is 10.3. The molecule has 2 aliphatic heterocycles. The van der Waals surface area contributed by atoms with Crippen LogP contribution in [-0.4, -0.2) is 53.8 Å². The molecule has 2 unspecified atom stereocenters. The molecule has 0 spiro atoms. The molecule has 2 amide bonds. The van der Waals surface area contributed by atoms with E-state index in [0.29, 0.717) is 12.2 Å². The first-order valence-corrected chi connectivity index (χ1v) is 16.1. The molecule has 0 fully saturated rings. The average Bonchev–Trinajstić information content (AvgIpc) is 3.53. The van der Waals surface area contributed by atoms with Crippen LogP contribution in [0.3, 0.4) is 0 Å². The average molecular weight is 588 g/mol. The van der Waals surface area contributed by atoms with Crippen molar-refractivity contribution in [2.45, 2.75) is 99.6 Å². The van der Waals surface area contributed by atoms with E-state index in [4.69, 9.17) is 12.0 Å². The fraction of sp³-hybridized carbons (Fsp3) is 0.571. The monoisotopic (exact) mass is 587 g/mol. The second-order valence-corrected chi connectivity index (χ2v) is 12.9. The summed E-state index contributed by atoms with van der Waals surface area (Å²) >= 11 is 0. The molecule has 2 aliphatic rings. The first-order valence-electron chi connectivity index (χ1n) is 13.4. The number of hydrogen-bond acceptors (Lipinski definition) is 5. The third kappa shape index (κ3) is 10.2. The van der Waals surface area contributed by atoms with Crippen molar-refractivity contribution in [2.75, 3.05) is 6.67 Å². The Bertz CT molecular complexity index is 1190. The molecule has 3 heterocycles. The summed E-state index contributed by atoms with van der Waals surface area (Å²) in [4.78, 5) is 28.3. The zero-order valence-corrected chi connectivity index (χ0v) is 26.4. The quantitative estimate of drug-likeness (QED) is 0.0533. The van der Waals surface area contributed by atoms with Crippen molar-refractivity contribution in [2.24, 2.45) is 5.11 Å². The number of unbranched alkanes of at least 4 members (excludes halogenated alkanes) is 5. The zero-order valence-electron chi connectivity index (χ0n) is 24.8. The topological polar surface area (TPSA) is 120 Å². The Balaban J connectivity index is 0.000000343. The minimum absolute atomic E-state index is 0.0591. The fourth-order valence-electron chi connectivity index (χ4n) is 3.59. The van der Waals surface area contributed by atoms with Crippen molar-refractivity contribution in [1.29, 1.82) is 0 Å². The zero-order chi connectivity index (χ0) is 30.2. The summed E-state index contributed by atoms with van der Waals surface area (Å²) in [6, 6.07) is 0. The fourth-order valence-corrected chi connectivity index (χ4v) is 6.25. The van der Waals surface area contributed by atoms with Crippen molar-refractivity contribution < 1.29 is 9.59 Å². The number of rotatable bonds is 11. The molecule has 218 valence electrons. The van der Waals surface area contributed by atoms with Crippen LogP contribution in [0.5, 0.6) is 0 Å². The van der Waals surface area contributed by atoms with Crippen LogP contribution in [0.25, 0.3) is 10.4 Å². The van der Waals surface area contributed by atoms with E-state index < -0.39 is 10.7 Å². The van der Waals surface area contributed by atoms with E-state index in [2.05, 4.69) is 51.8 Å². The molecule has 10 nitrogen and oxygen atoms in total. The SMILES string of the molecule is C=S1C(C)=C(C)C(=O)N1CN=[N+]=[N-].C=S1C(C)=C(C)C(=O)N1Cn1cc(CCCCC)nn1.[C+]#CCCCCC. The van der Waals surface area contributed by atoms with Crippen LogP contribution in [0.2, 0.25) is 0 Å². The van der Waals surface area contributed by atoms with Gasteiger partial charge in [0.1, 0.15) is 13.3 Å². The maximum absolute atomic E-state index is 12.1. The van der Waals surface area contributed by atoms with Gasteiger partial charge in [0.15, 0.2) is 0 Å². The van der Waals surface area contributed by atoms with Gasteiger partial charge in [-0.1, -0.05) is 63.2 Å². The van der Waals surface area contributed by atoms with E-state index in [9.17, 15) is 9.59 Å². The van der Waals surface area contributed by atoms with Crippen molar-refractivity contribution >= 4 is 44.9 Å². The van der Waals surface area contributed by atoms with Crippen LogP contribution in [0.1, 0.15) is 92.2 Å². The number of hydrogen-bond donors (Lipinski definition) is 0. The van der Waals surface area contributed by atoms with Gasteiger partial charge in [-0.3, -0.25) is 18.2 Å². The molecule has 3 rings (SSSR count). The van der Waals surface area contributed by atoms with Gasteiger partial charge in [-0.05, 0) is 46.1 Å². The van der Waals surface area contributed by atoms with Gasteiger partial charge in [-0.15, -0.1) is 5.10 Å². The molecular weight excluding hydrogens is 544 g/mol. The van der Waals surface area contributed by atoms with E-state index in [0.717, 1.165) is 46.8 Å². The van der Waals surface area contributed by atoms with Gasteiger partial charge in [-0.25, -0.2) is 4.68 Å². The van der Waals surface area contributed by atoms with E-state index in [1.807, 2.05) is 27.0 Å². The molecule has 0 saturated heterocycles. The van der Waals surface area contributed by atoms with Crippen LogP contribution in [0, 0.1) is 12.3 Å². The van der Waals surface area contributed by atoms with E-state index in [1.54, 1.807) is 15.9 Å². The Kier molecular flexibility index (Phi) is 16.2. The third-order valence-corrected chi connectivity index (χ3v) is 10.1. The summed E-state index contributed by atoms with van der Waals surface area (Å²) in [5.41, 5.74) is 10.6. The van der Waals surface area contributed by atoms with Gasteiger partial charge < -0.3 is 0 Å². The molecule has 0 N–H and O–H groups in total. The van der Waals surface area contributed by atoms with Gasteiger partial charge in [0.25, 0.3) is 11.8 Å². The normalized spacial score (nSPS) is 18.3. The number of carbonyl (C=O) groups excluding carboxylic acids is 2. The molecule has 1 aromatic rings. The van der Waals surface area contributed by atoms with E-state index >= 15 is 0 Å². The van der Waals surface area contributed by atoms with Crippen LogP contribution in [0.15, 0.2) is 32.3 Å². The molecular formula is C28H43N8O2S2+. The molecule has 0 aliphatic carbocycles. The summed E-state index contributed by atoms with van der Waals surface area (Å²) in [6.45, 7) is 12.3. The maximum atomic E-state index is 12.1. The van der Waals surface area contributed by atoms with E-state index in [1.165, 1.54) is 30.0 Å². The minimum atomic E-state index is -0.468. The predicted octanol–water partition coefficient (Wildman–Crippen LogP) is 6.88. The molecule has 2 atom stereocenters. The van der Waals surface area contributed by atoms with Gasteiger partial charge in [0.05, 0.1) is 11.9 Å². The number of allylic oxidation sites excluding steroid dienone is 2. The second-order valence-electron chi connectivity index (χ2n) is 9.31. The summed E-state index contributed by atoms with van der Waals surface area (Å²) < 4.78 is 4.97. The molecule has 0 bridgehead atoms. The molecule has 12 heteroatoms. The first kappa shape index (κ1) is 35.1. The van der Waals surface area contributed by atoms with Crippen LogP contribution < -0.4 is 0 Å². The van der Waals surface area contributed by atoms with Crippen LogP contribution >= 0.6 is 21.3 Å². The Morgan fingerprint density at radius 1 is 0.975 bits per heavy atom. The second kappa shape index (κ2) is 18.4. The summed E-state index contributed by atoms with van der Waals surface area (Å²) in [7, 11) is -0.857. The Morgan fingerprint density at radius 2 is 1.52 bits per heavy atom. The number of nitrogens with zero attached hydrogens (tertiary/aromatic N) is 8. The molecule has 0 saturated carbocycles. The molecule has 1 aromatic heterocycles. The van der Waals surface area contributed by atoms with Gasteiger partial charge in [0, 0.05) is 25.9 Å². The van der Waals surface area contributed by atoms with Crippen LogP contribution in [-0.2, 0) is 22.7 Å².